The van der Waals surface area contributed by atoms with Crippen molar-refractivity contribution in [3.63, 3.8) is 0 Å². The van der Waals surface area contributed by atoms with Crippen LogP contribution in [0.15, 0.2) is 60.7 Å². The molecule has 51 heavy (non-hydrogen) atoms. The van der Waals surface area contributed by atoms with Gasteiger partial charge in [0.05, 0.1) is 13.2 Å². The molecule has 15 nitrogen and oxygen atoms in total. The van der Waals surface area contributed by atoms with Crippen LogP contribution in [0.3, 0.4) is 0 Å². The van der Waals surface area contributed by atoms with Gasteiger partial charge in [0.1, 0.15) is 49.1 Å². The van der Waals surface area contributed by atoms with Crippen LogP contribution in [0.4, 0.5) is 0 Å². The maximum absolute atomic E-state index is 13.4. The SMILES string of the molecule is CC(=O)N[C@H]1[C@@H](OCc2ccccc2)O[C@@H]2COC(C)(C)O[C@H]2[C@@H]1O[C@H](C)C(=O)[15NH][13C@@H]([13CH3])[13C](=O)N[C@@H](CCC(=O)OCc1ccccc1)C(N)=O. The van der Waals surface area contributed by atoms with Crippen LogP contribution in [0.5, 0.6) is 0 Å². The highest BCUT2D eigenvalue weighted by molar-refractivity contribution is 5.92. The molecule has 8 atom stereocenters. The Balaban J connectivity index is 1.37. The summed E-state index contributed by atoms with van der Waals surface area (Å²) >= 11 is 0. The summed E-state index contributed by atoms with van der Waals surface area (Å²) in [5.74, 6) is -4.18. The van der Waals surface area contributed by atoms with E-state index < -0.39 is 78.3 Å². The Hall–Kier alpha value is -4.41. The molecule has 4 rings (SSSR count). The minimum absolute atomic E-state index is 0.0659. The Bertz CT molecular complexity index is 1490. The molecule has 0 unspecified atom stereocenters. The van der Waals surface area contributed by atoms with Gasteiger partial charge < -0.3 is 50.1 Å². The Morgan fingerprint density at radius 3 is 2.16 bits per heavy atom. The number of fused-ring (bicyclic) bond motifs is 1. The minimum atomic E-state index is -1.19. The second-order valence-electron chi connectivity index (χ2n) is 13.0. The zero-order valence-corrected chi connectivity index (χ0v) is 29.5. The number of nitrogens with one attached hydrogen (secondary N) is 3. The predicted octanol–water partition coefficient (Wildman–Crippen LogP) is 1.36. The van der Waals surface area contributed by atoms with Crippen LogP contribution >= 0.6 is 0 Å². The molecule has 4 amide bonds. The molecule has 2 fully saturated rings. The van der Waals surface area contributed by atoms with E-state index in [4.69, 9.17) is 34.2 Å². The second kappa shape index (κ2) is 18.2. The predicted molar refractivity (Wildman–Crippen MR) is 181 cm³/mol. The van der Waals surface area contributed by atoms with Crippen LogP contribution in [-0.4, -0.2) is 90.8 Å². The molecule has 2 aliphatic rings. The topological polar surface area (TPSA) is 203 Å². The standard InChI is InChI=1S/C36H48N4O11/c1-21(33(44)40-26(32(37)43)16-17-28(42)46-18-24-12-8-6-9-13-24)38-34(45)22(2)49-31-29(39-23(3)41)35(47-19-25-14-10-7-11-15-25)50-27-20-48-36(4,5)51-30(27)31/h6-15,21-22,26-27,29-31,35H,16-20H2,1-5H3,(H2,37,43)(H,38,45)(H,39,41)(H,40,44)/t21-,22+,26-,27+,29+,30+,31+,35-/m0/s1/i1+1,21+1,33+1,38+1. The van der Waals surface area contributed by atoms with Gasteiger partial charge in [-0.3, -0.25) is 24.0 Å². The number of esters is 1. The van der Waals surface area contributed by atoms with E-state index in [0.717, 1.165) is 11.1 Å². The first kappa shape index (κ1) is 39.4. The van der Waals surface area contributed by atoms with Crippen molar-refractivity contribution in [2.24, 2.45) is 5.73 Å². The van der Waals surface area contributed by atoms with Crippen molar-refractivity contribution in [1.82, 2.24) is 16.0 Å². The molecule has 2 aliphatic heterocycles. The zero-order valence-electron chi connectivity index (χ0n) is 29.5. The van der Waals surface area contributed by atoms with E-state index in [0.29, 0.717) is 0 Å². The van der Waals surface area contributed by atoms with E-state index in [9.17, 15) is 24.0 Å². The van der Waals surface area contributed by atoms with Crippen molar-refractivity contribution in [3.8, 4) is 0 Å². The van der Waals surface area contributed by atoms with Crippen molar-refractivity contribution in [2.45, 2.75) is 115 Å². The molecule has 2 aromatic carbocycles. The Labute approximate surface area is 297 Å². The van der Waals surface area contributed by atoms with E-state index in [1.54, 1.807) is 26.0 Å². The van der Waals surface area contributed by atoms with Crippen LogP contribution < -0.4 is 21.7 Å². The fourth-order valence-corrected chi connectivity index (χ4v) is 5.62. The van der Waals surface area contributed by atoms with Crippen LogP contribution in [0.2, 0.25) is 0 Å². The highest BCUT2D eigenvalue weighted by Gasteiger charge is 2.53. The average molecular weight is 717 g/mol. The number of amides is 4. The van der Waals surface area contributed by atoms with Crippen LogP contribution in [0, 0.1) is 0 Å². The number of primary amides is 1. The third kappa shape index (κ3) is 11.8. The Kier molecular flexibility index (Phi) is 14.0. The van der Waals surface area contributed by atoms with Crippen LogP contribution in [0.1, 0.15) is 58.6 Å². The highest BCUT2D eigenvalue weighted by atomic mass is 16.8. The van der Waals surface area contributed by atoms with E-state index in [1.165, 1.54) is 20.8 Å². The van der Waals surface area contributed by atoms with Gasteiger partial charge in [0.15, 0.2) is 12.1 Å². The van der Waals surface area contributed by atoms with Crippen molar-refractivity contribution in [3.05, 3.63) is 71.8 Å². The molecule has 0 saturated carbocycles. The first-order valence-corrected chi connectivity index (χ1v) is 16.9. The molecule has 15 heteroatoms. The van der Waals surface area contributed by atoms with Gasteiger partial charge in [0.2, 0.25) is 23.6 Å². The molecule has 0 radical (unpaired) electrons. The third-order valence-corrected chi connectivity index (χ3v) is 8.31. The largest absolute Gasteiger partial charge is 0.461 e. The zero-order chi connectivity index (χ0) is 37.1. The molecule has 2 aromatic rings. The fourth-order valence-electron chi connectivity index (χ4n) is 5.62. The third-order valence-electron chi connectivity index (χ3n) is 8.31. The lowest BCUT2D eigenvalue weighted by atomic mass is 9.94. The number of benzene rings is 2. The van der Waals surface area contributed by atoms with Gasteiger partial charge in [0, 0.05) is 13.3 Å². The summed E-state index contributed by atoms with van der Waals surface area (Å²) in [4.78, 5) is 63.2. The summed E-state index contributed by atoms with van der Waals surface area (Å²) in [5.41, 5.74) is 7.17. The van der Waals surface area contributed by atoms with Gasteiger partial charge in [-0.05, 0) is 45.2 Å². The number of carbonyl (C=O) groups excluding carboxylic acids is 5. The van der Waals surface area contributed by atoms with Crippen molar-refractivity contribution in [1.29, 1.82) is 0 Å². The van der Waals surface area contributed by atoms with Gasteiger partial charge in [0.25, 0.3) is 0 Å². The Morgan fingerprint density at radius 1 is 0.922 bits per heavy atom. The smallest absolute Gasteiger partial charge is 0.306 e. The van der Waals surface area contributed by atoms with E-state index in [1.807, 2.05) is 48.5 Å². The van der Waals surface area contributed by atoms with Gasteiger partial charge in [-0.1, -0.05) is 60.7 Å². The first-order valence-electron chi connectivity index (χ1n) is 16.9. The molecule has 0 spiro atoms. The molecular weight excluding hydrogens is 668 g/mol. The van der Waals surface area contributed by atoms with E-state index in [2.05, 4.69) is 16.0 Å². The summed E-state index contributed by atoms with van der Waals surface area (Å²) in [6.45, 7) is 8.10. The van der Waals surface area contributed by atoms with Crippen molar-refractivity contribution < 1.29 is 52.4 Å². The number of nitrogens with two attached hydrogens (primary N) is 1. The van der Waals surface area contributed by atoms with Crippen LogP contribution in [0.25, 0.3) is 0 Å². The molecule has 2 saturated heterocycles. The maximum atomic E-state index is 13.4. The number of carbonyl (C=O) groups is 5. The van der Waals surface area contributed by atoms with Crippen molar-refractivity contribution >= 4 is 29.6 Å². The van der Waals surface area contributed by atoms with E-state index in [-0.39, 0.29) is 38.6 Å². The summed E-state index contributed by atoms with van der Waals surface area (Å²) in [6.07, 6.45) is -4.79. The summed E-state index contributed by atoms with van der Waals surface area (Å²) < 4.78 is 35.9. The second-order valence-corrected chi connectivity index (χ2v) is 13.0. The molecule has 5 N–H and O–H groups in total. The lowest BCUT2D eigenvalue weighted by Crippen LogP contribution is -2.69. The number of ether oxygens (including phenoxy) is 6. The molecule has 0 bridgehead atoms. The lowest BCUT2D eigenvalue weighted by molar-refractivity contribution is -0.374. The molecular formula is C36H48N4O11. The van der Waals surface area contributed by atoms with Gasteiger partial charge >= 0.3 is 5.97 Å². The fraction of sp³-hybridized carbons (Fsp3) is 0.528. The summed E-state index contributed by atoms with van der Waals surface area (Å²) in [7, 11) is 0. The monoisotopic (exact) mass is 716 g/mol. The van der Waals surface area contributed by atoms with E-state index >= 15 is 0 Å². The minimum Gasteiger partial charge on any atom is -0.461 e. The quantitative estimate of drug-likeness (QED) is 0.111. The number of hydrogen-bond acceptors (Lipinski definition) is 11. The highest BCUT2D eigenvalue weighted by Crippen LogP contribution is 2.35. The normalized spacial score (nSPS) is 24.1. The van der Waals surface area contributed by atoms with Crippen molar-refractivity contribution in [2.75, 3.05) is 6.61 Å². The lowest BCUT2D eigenvalue weighted by Gasteiger charge is -2.51. The molecule has 2 heterocycles. The Morgan fingerprint density at radius 2 is 1.55 bits per heavy atom. The maximum Gasteiger partial charge on any atom is 0.306 e. The first-order chi connectivity index (χ1) is 24.2. The number of rotatable bonds is 16. The van der Waals surface area contributed by atoms with Gasteiger partial charge in [-0.15, -0.1) is 0 Å². The molecule has 0 aliphatic carbocycles. The molecule has 278 valence electrons. The van der Waals surface area contributed by atoms with Gasteiger partial charge in [-0.2, -0.15) is 0 Å². The summed E-state index contributed by atoms with van der Waals surface area (Å²) in [6, 6.07) is 15.3. The summed E-state index contributed by atoms with van der Waals surface area (Å²) in [5, 5.41) is 7.91. The van der Waals surface area contributed by atoms with Crippen LogP contribution in [-0.2, 0) is 65.6 Å². The number of hydrogen-bond donors (Lipinski definition) is 4. The molecule has 0 aromatic heterocycles. The van der Waals surface area contributed by atoms with Gasteiger partial charge in [-0.25, -0.2) is 0 Å². The average Bonchev–Trinajstić information content (AvgIpc) is 3.09.